The monoisotopic (exact) mass is 424 g/mol. The zero-order valence-corrected chi connectivity index (χ0v) is 16.9. The van der Waals surface area contributed by atoms with E-state index in [2.05, 4.69) is 5.32 Å². The second kappa shape index (κ2) is 8.27. The zero-order chi connectivity index (χ0) is 20.4. The topological polar surface area (TPSA) is 66.5 Å². The van der Waals surface area contributed by atoms with Gasteiger partial charge in [-0.05, 0) is 35.7 Å². The number of anilines is 2. The van der Waals surface area contributed by atoms with Gasteiger partial charge in [-0.15, -0.1) is 11.8 Å². The third kappa shape index (κ3) is 4.13. The highest BCUT2D eigenvalue weighted by atomic mass is 35.5. The largest absolute Gasteiger partial charge is 0.325 e. The van der Waals surface area contributed by atoms with Crippen LogP contribution >= 0.6 is 23.4 Å². The molecule has 3 aromatic carbocycles. The van der Waals surface area contributed by atoms with Gasteiger partial charge in [-0.2, -0.15) is 0 Å². The van der Waals surface area contributed by atoms with Crippen LogP contribution in [0.25, 0.3) is 10.8 Å². The first-order valence-electron chi connectivity index (χ1n) is 9.04. The van der Waals surface area contributed by atoms with Crippen molar-refractivity contribution in [1.29, 1.82) is 0 Å². The highest BCUT2D eigenvalue weighted by molar-refractivity contribution is 8.01. The summed E-state index contributed by atoms with van der Waals surface area (Å²) >= 11 is 7.01. The van der Waals surface area contributed by atoms with E-state index < -0.39 is 5.25 Å². The molecule has 4 rings (SSSR count). The van der Waals surface area contributed by atoms with E-state index in [4.69, 9.17) is 11.6 Å². The summed E-state index contributed by atoms with van der Waals surface area (Å²) in [6.45, 7) is 0. The predicted octanol–water partition coefficient (Wildman–Crippen LogP) is 4.50. The minimum Gasteiger partial charge on any atom is -0.325 e. The standard InChI is InChI=1S/C22H17ClN2O3S/c23-15-8-10-16(11-9-15)24-20(26)13-29-19-12-21(27)25(22(19)28)18-7-3-5-14-4-1-2-6-17(14)18/h1-11,19H,12-13H2,(H,24,26). The van der Waals surface area contributed by atoms with Gasteiger partial charge in [0.2, 0.25) is 17.7 Å². The molecular formula is C22H17ClN2O3S. The Morgan fingerprint density at radius 2 is 1.76 bits per heavy atom. The minimum atomic E-state index is -0.572. The van der Waals surface area contributed by atoms with Crippen molar-refractivity contribution in [3.63, 3.8) is 0 Å². The molecule has 1 N–H and O–H groups in total. The summed E-state index contributed by atoms with van der Waals surface area (Å²) in [5.41, 5.74) is 1.22. The summed E-state index contributed by atoms with van der Waals surface area (Å²) in [4.78, 5) is 38.9. The Morgan fingerprint density at radius 1 is 1.03 bits per heavy atom. The maximum atomic E-state index is 12.9. The molecule has 0 radical (unpaired) electrons. The number of amides is 3. The van der Waals surface area contributed by atoms with Crippen LogP contribution in [0.15, 0.2) is 66.7 Å². The summed E-state index contributed by atoms with van der Waals surface area (Å²) in [5, 5.41) is 4.58. The van der Waals surface area contributed by atoms with Gasteiger partial charge in [0.25, 0.3) is 0 Å². The quantitative estimate of drug-likeness (QED) is 0.612. The van der Waals surface area contributed by atoms with E-state index >= 15 is 0 Å². The van der Waals surface area contributed by atoms with Crippen LogP contribution in [0.4, 0.5) is 11.4 Å². The second-order valence-electron chi connectivity index (χ2n) is 6.62. The van der Waals surface area contributed by atoms with E-state index in [0.717, 1.165) is 10.8 Å². The van der Waals surface area contributed by atoms with E-state index in [9.17, 15) is 14.4 Å². The molecule has 0 aromatic heterocycles. The fourth-order valence-corrected chi connectivity index (χ4v) is 4.36. The number of carbonyl (C=O) groups is 3. The second-order valence-corrected chi connectivity index (χ2v) is 8.25. The highest BCUT2D eigenvalue weighted by Gasteiger charge is 2.40. The third-order valence-corrected chi connectivity index (χ3v) is 6.11. The molecule has 146 valence electrons. The number of hydrogen-bond acceptors (Lipinski definition) is 4. The molecule has 3 amide bonds. The average Bonchev–Trinajstić information content (AvgIpc) is 3.01. The third-order valence-electron chi connectivity index (χ3n) is 4.66. The molecule has 29 heavy (non-hydrogen) atoms. The van der Waals surface area contributed by atoms with Crippen molar-refractivity contribution in [1.82, 2.24) is 0 Å². The van der Waals surface area contributed by atoms with Crippen LogP contribution in [0.3, 0.4) is 0 Å². The van der Waals surface area contributed by atoms with E-state index in [1.54, 1.807) is 30.3 Å². The molecule has 7 heteroatoms. The summed E-state index contributed by atoms with van der Waals surface area (Å²) in [6, 6.07) is 20.0. The van der Waals surface area contributed by atoms with Crippen LogP contribution in [-0.4, -0.2) is 28.7 Å². The van der Waals surface area contributed by atoms with Crippen LogP contribution < -0.4 is 10.2 Å². The first-order chi connectivity index (χ1) is 14.0. The normalized spacial score (nSPS) is 16.4. The SMILES string of the molecule is O=C(CSC1CC(=O)N(c2cccc3ccccc23)C1=O)Nc1ccc(Cl)cc1. The smallest absolute Gasteiger partial charge is 0.247 e. The summed E-state index contributed by atoms with van der Waals surface area (Å²) < 4.78 is 0. The van der Waals surface area contributed by atoms with Gasteiger partial charge in [0, 0.05) is 22.5 Å². The van der Waals surface area contributed by atoms with Crippen molar-refractivity contribution in [3.8, 4) is 0 Å². The van der Waals surface area contributed by atoms with Crippen LogP contribution in [0.1, 0.15) is 6.42 Å². The van der Waals surface area contributed by atoms with E-state index in [1.807, 2.05) is 36.4 Å². The Balaban J connectivity index is 1.44. The molecule has 1 aliphatic rings. The van der Waals surface area contributed by atoms with Gasteiger partial charge < -0.3 is 5.32 Å². The van der Waals surface area contributed by atoms with Gasteiger partial charge in [0.15, 0.2) is 0 Å². The lowest BCUT2D eigenvalue weighted by Gasteiger charge is -2.17. The van der Waals surface area contributed by atoms with Crippen LogP contribution in [0, 0.1) is 0 Å². The van der Waals surface area contributed by atoms with Crippen LogP contribution in [-0.2, 0) is 14.4 Å². The van der Waals surface area contributed by atoms with Gasteiger partial charge >= 0.3 is 0 Å². The number of fused-ring (bicyclic) bond motifs is 1. The number of nitrogens with zero attached hydrogens (tertiary/aromatic N) is 1. The maximum Gasteiger partial charge on any atom is 0.247 e. The number of carbonyl (C=O) groups excluding carboxylic acids is 3. The van der Waals surface area contributed by atoms with Crippen molar-refractivity contribution in [2.75, 3.05) is 16.0 Å². The number of imide groups is 1. The van der Waals surface area contributed by atoms with Gasteiger partial charge in [-0.3, -0.25) is 14.4 Å². The Labute approximate surface area is 177 Å². The predicted molar refractivity (Wildman–Crippen MR) is 117 cm³/mol. The van der Waals surface area contributed by atoms with Gasteiger partial charge in [-0.1, -0.05) is 48.0 Å². The molecule has 5 nitrogen and oxygen atoms in total. The van der Waals surface area contributed by atoms with Crippen molar-refractivity contribution in [2.24, 2.45) is 0 Å². The number of benzene rings is 3. The lowest BCUT2D eigenvalue weighted by Crippen LogP contribution is -2.31. The molecule has 1 fully saturated rings. The number of halogens is 1. The van der Waals surface area contributed by atoms with Gasteiger partial charge in [0.05, 0.1) is 16.7 Å². The molecule has 0 spiro atoms. The van der Waals surface area contributed by atoms with Crippen molar-refractivity contribution < 1.29 is 14.4 Å². The molecule has 1 unspecified atom stereocenters. The lowest BCUT2D eigenvalue weighted by atomic mass is 10.1. The van der Waals surface area contributed by atoms with E-state index in [-0.39, 0.29) is 29.9 Å². The van der Waals surface area contributed by atoms with Gasteiger partial charge in [-0.25, -0.2) is 4.90 Å². The molecular weight excluding hydrogens is 408 g/mol. The first kappa shape index (κ1) is 19.5. The van der Waals surface area contributed by atoms with E-state index in [1.165, 1.54) is 16.7 Å². The number of nitrogens with one attached hydrogen (secondary N) is 1. The highest BCUT2D eigenvalue weighted by Crippen LogP contribution is 2.34. The number of thioether (sulfide) groups is 1. The Morgan fingerprint density at radius 3 is 2.55 bits per heavy atom. The Hall–Kier alpha value is -2.83. The molecule has 0 bridgehead atoms. The molecule has 1 saturated heterocycles. The number of hydrogen-bond donors (Lipinski definition) is 1. The lowest BCUT2D eigenvalue weighted by molar-refractivity contribution is -0.121. The molecule has 1 heterocycles. The van der Waals surface area contributed by atoms with Crippen LogP contribution in [0.5, 0.6) is 0 Å². The Kier molecular flexibility index (Phi) is 5.56. The fourth-order valence-electron chi connectivity index (χ4n) is 3.30. The Bertz CT molecular complexity index is 1100. The van der Waals surface area contributed by atoms with Crippen molar-refractivity contribution in [3.05, 3.63) is 71.8 Å². The fraction of sp³-hybridized carbons (Fsp3) is 0.136. The molecule has 1 aliphatic heterocycles. The molecule has 1 atom stereocenters. The zero-order valence-electron chi connectivity index (χ0n) is 15.3. The van der Waals surface area contributed by atoms with Gasteiger partial charge in [0.1, 0.15) is 0 Å². The van der Waals surface area contributed by atoms with E-state index in [0.29, 0.717) is 16.4 Å². The first-order valence-corrected chi connectivity index (χ1v) is 10.5. The number of rotatable bonds is 5. The average molecular weight is 425 g/mol. The summed E-state index contributed by atoms with van der Waals surface area (Å²) in [5.74, 6) is -0.686. The minimum absolute atomic E-state index is 0.0791. The molecule has 0 aliphatic carbocycles. The van der Waals surface area contributed by atoms with Crippen molar-refractivity contribution in [2.45, 2.75) is 11.7 Å². The molecule has 3 aromatic rings. The van der Waals surface area contributed by atoms with Crippen molar-refractivity contribution >= 4 is 63.2 Å². The maximum absolute atomic E-state index is 12.9. The molecule has 0 saturated carbocycles. The summed E-state index contributed by atoms with van der Waals surface area (Å²) in [6.07, 6.45) is 0.0843. The summed E-state index contributed by atoms with van der Waals surface area (Å²) in [7, 11) is 0. The van der Waals surface area contributed by atoms with Crippen LogP contribution in [0.2, 0.25) is 5.02 Å².